The first-order chi connectivity index (χ1) is 13.8. The number of nitrogens with one attached hydrogen (secondary N) is 1. The number of nitrogens with zero attached hydrogens (tertiary/aromatic N) is 3. The van der Waals surface area contributed by atoms with E-state index in [0.717, 1.165) is 12.1 Å². The highest BCUT2D eigenvalue weighted by molar-refractivity contribution is 6.12. The predicted molar refractivity (Wildman–Crippen MR) is 103 cm³/mol. The van der Waals surface area contributed by atoms with Crippen LogP contribution in [-0.4, -0.2) is 20.7 Å². The van der Waals surface area contributed by atoms with Crippen LogP contribution < -0.4 is 5.32 Å². The molecule has 0 radical (unpaired) electrons. The highest BCUT2D eigenvalue weighted by Crippen LogP contribution is 2.26. The van der Waals surface area contributed by atoms with Crippen LogP contribution in [-0.2, 0) is 0 Å². The van der Waals surface area contributed by atoms with Gasteiger partial charge in [0.05, 0.1) is 28.0 Å². The lowest BCUT2D eigenvalue weighted by molar-refractivity contribution is 0.102. The fourth-order valence-electron chi connectivity index (χ4n) is 3.14. The third-order valence-electron chi connectivity index (χ3n) is 4.44. The summed E-state index contributed by atoms with van der Waals surface area (Å²) in [6.45, 7) is 3.43. The molecule has 2 aromatic heterocycles. The van der Waals surface area contributed by atoms with Gasteiger partial charge in [0.15, 0.2) is 5.65 Å². The molecule has 0 atom stereocenters. The largest absolute Gasteiger partial charge is 0.319 e. The van der Waals surface area contributed by atoms with E-state index in [-0.39, 0.29) is 17.1 Å². The number of benzene rings is 2. The summed E-state index contributed by atoms with van der Waals surface area (Å²) in [6.07, 6.45) is 0. The first-order valence-electron chi connectivity index (χ1n) is 8.73. The number of hydrogen-bond acceptors (Lipinski definition) is 3. The molecule has 0 spiro atoms. The molecular formula is C21H15F3N4O. The van der Waals surface area contributed by atoms with Gasteiger partial charge in [0, 0.05) is 11.8 Å². The van der Waals surface area contributed by atoms with Gasteiger partial charge in [-0.2, -0.15) is 5.10 Å². The molecule has 4 aromatic rings. The quantitative estimate of drug-likeness (QED) is 0.546. The Kier molecular flexibility index (Phi) is 4.54. The van der Waals surface area contributed by atoms with Gasteiger partial charge in [0.2, 0.25) is 0 Å². The zero-order valence-corrected chi connectivity index (χ0v) is 15.5. The van der Waals surface area contributed by atoms with Crippen molar-refractivity contribution >= 4 is 22.6 Å². The van der Waals surface area contributed by atoms with E-state index in [1.807, 2.05) is 0 Å². The third kappa shape index (κ3) is 3.44. The van der Waals surface area contributed by atoms with Gasteiger partial charge < -0.3 is 5.32 Å². The lowest BCUT2D eigenvalue weighted by Crippen LogP contribution is -2.14. The van der Waals surface area contributed by atoms with Gasteiger partial charge in [-0.15, -0.1) is 0 Å². The first-order valence-corrected chi connectivity index (χ1v) is 8.73. The standard InChI is InChI=1S/C21H15F3N4O/c1-11-9-16(21(29)26-18-8-5-14(23)10-17(18)24)19-12(2)27-28(20(19)25-11)15-6-3-13(22)4-7-15/h3-10H,1-2H3,(H,26,29). The number of anilines is 1. The number of rotatable bonds is 3. The van der Waals surface area contributed by atoms with E-state index >= 15 is 0 Å². The molecule has 0 aliphatic heterocycles. The number of hydrogen-bond donors (Lipinski definition) is 1. The van der Waals surface area contributed by atoms with Gasteiger partial charge in [0.1, 0.15) is 17.5 Å². The van der Waals surface area contributed by atoms with Gasteiger partial charge in [-0.3, -0.25) is 4.79 Å². The van der Waals surface area contributed by atoms with E-state index in [4.69, 9.17) is 0 Å². The Morgan fingerprint density at radius 1 is 0.966 bits per heavy atom. The predicted octanol–water partition coefficient (Wildman–Crippen LogP) is 4.71. The number of carbonyl (C=O) groups excluding carboxylic acids is 1. The van der Waals surface area contributed by atoms with Crippen LogP contribution in [0.4, 0.5) is 18.9 Å². The molecule has 0 unspecified atom stereocenters. The van der Waals surface area contributed by atoms with Gasteiger partial charge in [-0.25, -0.2) is 22.8 Å². The molecule has 0 saturated carbocycles. The molecule has 146 valence electrons. The van der Waals surface area contributed by atoms with Gasteiger partial charge in [-0.1, -0.05) is 0 Å². The summed E-state index contributed by atoms with van der Waals surface area (Å²) < 4.78 is 41.8. The van der Waals surface area contributed by atoms with Crippen LogP contribution in [0.1, 0.15) is 21.7 Å². The Labute approximate surface area is 163 Å². The Morgan fingerprint density at radius 3 is 2.34 bits per heavy atom. The van der Waals surface area contributed by atoms with Crippen molar-refractivity contribution in [2.75, 3.05) is 5.32 Å². The molecule has 2 aromatic carbocycles. The van der Waals surface area contributed by atoms with E-state index in [0.29, 0.717) is 34.2 Å². The highest BCUT2D eigenvalue weighted by atomic mass is 19.1. The Hall–Kier alpha value is -3.68. The molecule has 0 bridgehead atoms. The van der Waals surface area contributed by atoms with Crippen LogP contribution in [0.15, 0.2) is 48.5 Å². The van der Waals surface area contributed by atoms with Crippen LogP contribution >= 0.6 is 0 Å². The number of carbonyl (C=O) groups is 1. The monoisotopic (exact) mass is 396 g/mol. The maximum atomic E-state index is 13.9. The Bertz CT molecular complexity index is 1250. The fourth-order valence-corrected chi connectivity index (χ4v) is 3.14. The normalized spacial score (nSPS) is 11.1. The van der Waals surface area contributed by atoms with Crippen molar-refractivity contribution in [1.82, 2.24) is 14.8 Å². The van der Waals surface area contributed by atoms with Crippen molar-refractivity contribution in [3.63, 3.8) is 0 Å². The first kappa shape index (κ1) is 18.7. The van der Waals surface area contributed by atoms with Crippen LogP contribution in [0.25, 0.3) is 16.7 Å². The Balaban J connectivity index is 1.82. The van der Waals surface area contributed by atoms with Gasteiger partial charge in [-0.05, 0) is 56.3 Å². The minimum absolute atomic E-state index is 0.136. The number of aromatic nitrogens is 3. The molecule has 0 aliphatic carbocycles. The smallest absolute Gasteiger partial charge is 0.256 e. The summed E-state index contributed by atoms with van der Waals surface area (Å²) >= 11 is 0. The van der Waals surface area contributed by atoms with E-state index in [2.05, 4.69) is 15.4 Å². The summed E-state index contributed by atoms with van der Waals surface area (Å²) in [7, 11) is 0. The molecular weight excluding hydrogens is 381 g/mol. The minimum Gasteiger partial charge on any atom is -0.319 e. The summed E-state index contributed by atoms with van der Waals surface area (Å²) in [6, 6.07) is 10.2. The highest BCUT2D eigenvalue weighted by Gasteiger charge is 2.20. The van der Waals surface area contributed by atoms with Crippen molar-refractivity contribution in [1.29, 1.82) is 0 Å². The summed E-state index contributed by atoms with van der Waals surface area (Å²) in [5, 5.41) is 7.39. The molecule has 1 N–H and O–H groups in total. The molecule has 5 nitrogen and oxygen atoms in total. The lowest BCUT2D eigenvalue weighted by Gasteiger charge is -2.09. The molecule has 0 saturated heterocycles. The average molecular weight is 396 g/mol. The second-order valence-corrected chi connectivity index (χ2v) is 6.56. The second-order valence-electron chi connectivity index (χ2n) is 6.56. The number of pyridine rings is 1. The molecule has 2 heterocycles. The molecule has 29 heavy (non-hydrogen) atoms. The average Bonchev–Trinajstić information content (AvgIpc) is 3.00. The maximum absolute atomic E-state index is 13.9. The molecule has 1 amide bonds. The number of aryl methyl sites for hydroxylation is 2. The summed E-state index contributed by atoms with van der Waals surface area (Å²) in [5.74, 6) is -2.57. The zero-order chi connectivity index (χ0) is 20.7. The lowest BCUT2D eigenvalue weighted by atomic mass is 10.1. The van der Waals surface area contributed by atoms with Crippen molar-refractivity contribution in [3.8, 4) is 5.69 Å². The van der Waals surface area contributed by atoms with Gasteiger partial charge >= 0.3 is 0 Å². The maximum Gasteiger partial charge on any atom is 0.256 e. The fraction of sp³-hybridized carbons (Fsp3) is 0.0952. The molecule has 8 heteroatoms. The SMILES string of the molecule is Cc1cc(C(=O)Nc2ccc(F)cc2F)c2c(C)nn(-c3ccc(F)cc3)c2n1. The van der Waals surface area contributed by atoms with E-state index in [1.165, 1.54) is 16.8 Å². The number of fused-ring (bicyclic) bond motifs is 1. The van der Waals surface area contributed by atoms with E-state index in [9.17, 15) is 18.0 Å². The van der Waals surface area contributed by atoms with E-state index < -0.39 is 17.5 Å². The van der Waals surface area contributed by atoms with Gasteiger partial charge in [0.25, 0.3) is 5.91 Å². The Morgan fingerprint density at radius 2 is 1.66 bits per heavy atom. The second kappa shape index (κ2) is 7.05. The molecule has 4 rings (SSSR count). The van der Waals surface area contributed by atoms with Crippen molar-refractivity contribution in [2.45, 2.75) is 13.8 Å². The van der Waals surface area contributed by atoms with Crippen LogP contribution in [0, 0.1) is 31.3 Å². The van der Waals surface area contributed by atoms with Crippen molar-refractivity contribution in [3.05, 3.63) is 82.9 Å². The van der Waals surface area contributed by atoms with Crippen molar-refractivity contribution in [2.24, 2.45) is 0 Å². The van der Waals surface area contributed by atoms with Crippen LogP contribution in [0.2, 0.25) is 0 Å². The van der Waals surface area contributed by atoms with Crippen molar-refractivity contribution < 1.29 is 18.0 Å². The number of halogens is 3. The van der Waals surface area contributed by atoms with Crippen LogP contribution in [0.5, 0.6) is 0 Å². The zero-order valence-electron chi connectivity index (χ0n) is 15.5. The summed E-state index contributed by atoms with van der Waals surface area (Å²) in [4.78, 5) is 17.4. The molecule has 0 aliphatic rings. The summed E-state index contributed by atoms with van der Waals surface area (Å²) in [5.41, 5.74) is 2.19. The molecule has 0 fully saturated rings. The number of amides is 1. The topological polar surface area (TPSA) is 59.8 Å². The minimum atomic E-state index is -0.876. The van der Waals surface area contributed by atoms with E-state index in [1.54, 1.807) is 32.0 Å². The third-order valence-corrected chi connectivity index (χ3v) is 4.44. The van der Waals surface area contributed by atoms with Crippen LogP contribution in [0.3, 0.4) is 0 Å².